The Morgan fingerprint density at radius 1 is 1.21 bits per heavy atom. The Morgan fingerprint density at radius 3 is 2.67 bits per heavy atom. The molecule has 3 rings (SSSR count). The fourth-order valence-electron chi connectivity index (χ4n) is 3.29. The van der Waals surface area contributed by atoms with Gasteiger partial charge < -0.3 is 10.6 Å². The highest BCUT2D eigenvalue weighted by Gasteiger charge is 2.29. The number of rotatable bonds is 6. The van der Waals surface area contributed by atoms with Crippen molar-refractivity contribution < 1.29 is 0 Å². The van der Waals surface area contributed by atoms with Crippen molar-refractivity contribution in [3.8, 4) is 0 Å². The van der Waals surface area contributed by atoms with Crippen LogP contribution < -0.4 is 10.6 Å². The Hall–Kier alpha value is -1.55. The number of aliphatic imine (C=N–C) groups is 1. The molecule has 0 aromatic heterocycles. The molecule has 1 aliphatic carbocycles. The fourth-order valence-corrected chi connectivity index (χ4v) is 3.29. The summed E-state index contributed by atoms with van der Waals surface area (Å²) in [7, 11) is 0. The molecule has 1 fully saturated rings. The molecule has 0 amide bonds. The monoisotopic (exact) mass is 328 g/mol. The van der Waals surface area contributed by atoms with E-state index in [4.69, 9.17) is 4.99 Å². The van der Waals surface area contributed by atoms with Gasteiger partial charge in [-0.15, -0.1) is 0 Å². The Balaban J connectivity index is 1.60. The zero-order valence-electron chi connectivity index (χ0n) is 15.4. The summed E-state index contributed by atoms with van der Waals surface area (Å²) in [6, 6.07) is 8.84. The van der Waals surface area contributed by atoms with E-state index in [1.807, 2.05) is 0 Å². The zero-order chi connectivity index (χ0) is 17.0. The summed E-state index contributed by atoms with van der Waals surface area (Å²) >= 11 is 0. The van der Waals surface area contributed by atoms with Crippen LogP contribution in [0.15, 0.2) is 29.3 Å². The summed E-state index contributed by atoms with van der Waals surface area (Å²) < 4.78 is 0. The number of nitrogens with one attached hydrogen (secondary N) is 2. The number of hydrogen-bond acceptors (Lipinski definition) is 2. The van der Waals surface area contributed by atoms with Gasteiger partial charge in [0, 0.05) is 31.7 Å². The van der Waals surface area contributed by atoms with Gasteiger partial charge in [0.2, 0.25) is 0 Å². The molecule has 1 aliphatic heterocycles. The van der Waals surface area contributed by atoms with Gasteiger partial charge in [0.1, 0.15) is 0 Å². The highest BCUT2D eigenvalue weighted by atomic mass is 15.2. The first-order valence-corrected chi connectivity index (χ1v) is 9.42. The fraction of sp³-hybridized carbons (Fsp3) is 0.650. The summed E-state index contributed by atoms with van der Waals surface area (Å²) in [5.74, 6) is 1.83. The molecule has 1 heterocycles. The lowest BCUT2D eigenvalue weighted by molar-refractivity contribution is 0.111. The Bertz CT molecular complexity index is 575. The summed E-state index contributed by atoms with van der Waals surface area (Å²) in [6.07, 6.45) is 3.87. The van der Waals surface area contributed by atoms with Gasteiger partial charge in [-0.2, -0.15) is 0 Å². The van der Waals surface area contributed by atoms with Crippen LogP contribution in [0.2, 0.25) is 0 Å². The third-order valence-corrected chi connectivity index (χ3v) is 5.21. The Morgan fingerprint density at radius 2 is 1.96 bits per heavy atom. The van der Waals surface area contributed by atoms with Crippen LogP contribution in [0.3, 0.4) is 0 Å². The third-order valence-electron chi connectivity index (χ3n) is 5.21. The molecule has 0 bridgehead atoms. The van der Waals surface area contributed by atoms with Gasteiger partial charge in [-0.05, 0) is 57.1 Å². The first-order chi connectivity index (χ1) is 11.6. The average Bonchev–Trinajstić information content (AvgIpc) is 3.41. The molecule has 4 heteroatoms. The van der Waals surface area contributed by atoms with E-state index in [-0.39, 0.29) is 5.54 Å². The van der Waals surface area contributed by atoms with Crippen molar-refractivity contribution in [1.29, 1.82) is 0 Å². The second-order valence-corrected chi connectivity index (χ2v) is 7.77. The number of guanidine groups is 1. The summed E-state index contributed by atoms with van der Waals surface area (Å²) in [6.45, 7) is 11.7. The maximum atomic E-state index is 4.87. The average molecular weight is 329 g/mol. The first kappa shape index (κ1) is 17.3. The SMILES string of the molecule is CCNC(=NCC(C)(C)N1CCc2ccccc2C1)NCC1CC1. The molecule has 2 N–H and O–H groups in total. The topological polar surface area (TPSA) is 39.7 Å². The number of fused-ring (bicyclic) bond motifs is 1. The lowest BCUT2D eigenvalue weighted by atomic mass is 9.94. The third kappa shape index (κ3) is 4.50. The molecular weight excluding hydrogens is 296 g/mol. The first-order valence-electron chi connectivity index (χ1n) is 9.42. The molecular formula is C20H32N4. The second-order valence-electron chi connectivity index (χ2n) is 7.77. The van der Waals surface area contributed by atoms with Crippen molar-refractivity contribution in [3.05, 3.63) is 35.4 Å². The number of benzene rings is 1. The van der Waals surface area contributed by atoms with Crippen LogP contribution in [0.1, 0.15) is 44.7 Å². The van der Waals surface area contributed by atoms with Gasteiger partial charge in [-0.1, -0.05) is 24.3 Å². The predicted molar refractivity (Wildman–Crippen MR) is 101 cm³/mol. The molecule has 2 aliphatic rings. The summed E-state index contributed by atoms with van der Waals surface area (Å²) in [5, 5.41) is 6.87. The van der Waals surface area contributed by atoms with Crippen LogP contribution in [0.5, 0.6) is 0 Å². The van der Waals surface area contributed by atoms with Gasteiger partial charge in [0.25, 0.3) is 0 Å². The number of nitrogens with zero attached hydrogens (tertiary/aromatic N) is 2. The molecule has 0 radical (unpaired) electrons. The standard InChI is InChI=1S/C20H32N4/c1-4-21-19(22-13-16-9-10-16)23-15-20(2,3)24-12-11-17-7-5-6-8-18(17)14-24/h5-8,16H,4,9-15H2,1-3H3,(H2,21,22,23). The van der Waals surface area contributed by atoms with E-state index in [0.29, 0.717) is 0 Å². The van der Waals surface area contributed by atoms with E-state index >= 15 is 0 Å². The molecule has 24 heavy (non-hydrogen) atoms. The molecule has 1 aromatic carbocycles. The lowest BCUT2D eigenvalue weighted by Crippen LogP contribution is -2.49. The molecule has 0 atom stereocenters. The minimum atomic E-state index is 0.0649. The van der Waals surface area contributed by atoms with Crippen LogP contribution in [-0.2, 0) is 13.0 Å². The molecule has 132 valence electrons. The zero-order valence-corrected chi connectivity index (χ0v) is 15.4. The van der Waals surface area contributed by atoms with Gasteiger partial charge >= 0.3 is 0 Å². The van der Waals surface area contributed by atoms with Crippen LogP contribution in [-0.4, -0.2) is 42.6 Å². The molecule has 1 aromatic rings. The van der Waals surface area contributed by atoms with Crippen molar-refractivity contribution in [1.82, 2.24) is 15.5 Å². The van der Waals surface area contributed by atoms with Crippen molar-refractivity contribution in [2.75, 3.05) is 26.2 Å². The van der Waals surface area contributed by atoms with Crippen molar-refractivity contribution in [2.45, 2.75) is 52.1 Å². The minimum absolute atomic E-state index is 0.0649. The van der Waals surface area contributed by atoms with E-state index in [1.54, 1.807) is 0 Å². The van der Waals surface area contributed by atoms with E-state index in [9.17, 15) is 0 Å². The maximum absolute atomic E-state index is 4.87. The molecule has 1 saturated carbocycles. The highest BCUT2D eigenvalue weighted by molar-refractivity contribution is 5.79. The van der Waals surface area contributed by atoms with Gasteiger partial charge in [0.15, 0.2) is 5.96 Å². The van der Waals surface area contributed by atoms with Gasteiger partial charge in [-0.25, -0.2) is 0 Å². The van der Waals surface area contributed by atoms with Gasteiger partial charge in [0.05, 0.1) is 6.54 Å². The van der Waals surface area contributed by atoms with Crippen LogP contribution in [0.25, 0.3) is 0 Å². The Labute approximate surface area is 146 Å². The quantitative estimate of drug-likeness (QED) is 0.623. The van der Waals surface area contributed by atoms with Gasteiger partial charge in [-0.3, -0.25) is 9.89 Å². The highest BCUT2D eigenvalue weighted by Crippen LogP contribution is 2.27. The van der Waals surface area contributed by atoms with E-state index in [2.05, 4.69) is 60.6 Å². The second kappa shape index (κ2) is 7.56. The Kier molecular flexibility index (Phi) is 5.44. The molecule has 0 spiro atoms. The maximum Gasteiger partial charge on any atom is 0.191 e. The minimum Gasteiger partial charge on any atom is -0.357 e. The van der Waals surface area contributed by atoms with E-state index < -0.39 is 0 Å². The summed E-state index contributed by atoms with van der Waals surface area (Å²) in [4.78, 5) is 7.44. The predicted octanol–water partition coefficient (Wildman–Crippen LogP) is 2.79. The number of hydrogen-bond donors (Lipinski definition) is 2. The summed E-state index contributed by atoms with van der Waals surface area (Å²) in [5.41, 5.74) is 3.04. The van der Waals surface area contributed by atoms with Crippen molar-refractivity contribution in [2.24, 2.45) is 10.9 Å². The van der Waals surface area contributed by atoms with E-state index in [0.717, 1.165) is 51.0 Å². The van der Waals surface area contributed by atoms with Crippen molar-refractivity contribution >= 4 is 5.96 Å². The smallest absolute Gasteiger partial charge is 0.191 e. The molecule has 0 unspecified atom stereocenters. The van der Waals surface area contributed by atoms with E-state index in [1.165, 1.54) is 24.0 Å². The van der Waals surface area contributed by atoms with Crippen LogP contribution in [0.4, 0.5) is 0 Å². The normalized spacial score (nSPS) is 19.0. The van der Waals surface area contributed by atoms with Crippen molar-refractivity contribution in [3.63, 3.8) is 0 Å². The lowest BCUT2D eigenvalue weighted by Gasteiger charge is -2.40. The molecule has 0 saturated heterocycles. The largest absolute Gasteiger partial charge is 0.357 e. The van der Waals surface area contributed by atoms with Crippen LogP contribution in [0, 0.1) is 5.92 Å². The van der Waals surface area contributed by atoms with Crippen LogP contribution >= 0.6 is 0 Å². The molecule has 4 nitrogen and oxygen atoms in total.